The van der Waals surface area contributed by atoms with Crippen LogP contribution in [0.15, 0.2) is 18.2 Å². The minimum atomic E-state index is -0.521. The molecule has 0 radical (unpaired) electrons. The highest BCUT2D eigenvalue weighted by molar-refractivity contribution is 5.45. The van der Waals surface area contributed by atoms with Crippen LogP contribution in [0.3, 0.4) is 0 Å². The van der Waals surface area contributed by atoms with Crippen LogP contribution in [-0.2, 0) is 4.79 Å². The van der Waals surface area contributed by atoms with E-state index in [1.807, 2.05) is 41.5 Å². The maximum atomic E-state index is 12.2. The van der Waals surface area contributed by atoms with Gasteiger partial charge >= 0.3 is 0 Å². The van der Waals surface area contributed by atoms with Gasteiger partial charge in [-0.2, -0.15) is 0 Å². The summed E-state index contributed by atoms with van der Waals surface area (Å²) < 4.78 is 24.4. The second-order valence-corrected chi connectivity index (χ2v) is 3.16. The lowest BCUT2D eigenvalue weighted by molar-refractivity contribution is -0.109. The first kappa shape index (κ1) is 28.6. The average molecular weight is 320 g/mol. The third-order valence-electron chi connectivity index (χ3n) is 1.62. The smallest absolute Gasteiger partial charge is 0.207 e. The van der Waals surface area contributed by atoms with Crippen molar-refractivity contribution < 1.29 is 13.6 Å². The van der Waals surface area contributed by atoms with Crippen LogP contribution in [0.4, 0.5) is 8.78 Å². The van der Waals surface area contributed by atoms with Crippen molar-refractivity contribution in [2.75, 3.05) is 13.1 Å². The zero-order chi connectivity index (χ0) is 18.4. The van der Waals surface area contributed by atoms with E-state index in [-0.39, 0.29) is 0 Å². The molecule has 0 unspecified atom stereocenters. The van der Waals surface area contributed by atoms with Gasteiger partial charge in [0.2, 0.25) is 6.41 Å². The van der Waals surface area contributed by atoms with Crippen molar-refractivity contribution >= 4 is 6.41 Å². The quantitative estimate of drug-likeness (QED) is 0.637. The molecular weight excluding hydrogens is 286 g/mol. The molecule has 0 bridgehead atoms. The first-order valence-corrected chi connectivity index (χ1v) is 7.90. The van der Waals surface area contributed by atoms with Gasteiger partial charge in [-0.1, -0.05) is 41.5 Å². The second-order valence-electron chi connectivity index (χ2n) is 3.16. The molecule has 0 heterocycles. The summed E-state index contributed by atoms with van der Waals surface area (Å²) in [6.45, 7) is 15.0. The molecule has 1 amide bonds. The fourth-order valence-electron chi connectivity index (χ4n) is 0.955. The molecule has 0 saturated carbocycles. The number of nitrogens with two attached hydrogens (primary N) is 1. The van der Waals surface area contributed by atoms with Crippen molar-refractivity contribution in [1.29, 1.82) is 0 Å². The molecule has 0 atom stereocenters. The molecule has 132 valence electrons. The van der Waals surface area contributed by atoms with Crippen molar-refractivity contribution in [3.8, 4) is 0 Å². The van der Waals surface area contributed by atoms with E-state index in [0.29, 0.717) is 25.1 Å². The average Bonchev–Trinajstić information content (AvgIpc) is 2.53. The van der Waals surface area contributed by atoms with Gasteiger partial charge in [-0.15, -0.1) is 0 Å². The zero-order valence-electron chi connectivity index (χ0n) is 15.2. The summed E-state index contributed by atoms with van der Waals surface area (Å²) in [7, 11) is 0. The van der Waals surface area contributed by atoms with Gasteiger partial charge in [-0.25, -0.2) is 8.78 Å². The van der Waals surface area contributed by atoms with E-state index in [1.54, 1.807) is 6.92 Å². The molecule has 3 N–H and O–H groups in total. The van der Waals surface area contributed by atoms with Crippen molar-refractivity contribution in [3.05, 3.63) is 35.4 Å². The molecule has 0 fully saturated rings. The van der Waals surface area contributed by atoms with E-state index < -0.39 is 11.6 Å². The highest BCUT2D eigenvalue weighted by atomic mass is 19.1. The van der Waals surface area contributed by atoms with Crippen molar-refractivity contribution in [3.63, 3.8) is 0 Å². The summed E-state index contributed by atoms with van der Waals surface area (Å²) in [6.07, 6.45) is 1.54. The number of hydrogen-bond acceptors (Lipinski definition) is 2. The number of carbonyl (C=O) groups excluding carboxylic acids is 1. The van der Waals surface area contributed by atoms with E-state index in [0.717, 1.165) is 12.5 Å². The summed E-state index contributed by atoms with van der Waals surface area (Å²) in [4.78, 5) is 9.53. The lowest BCUT2D eigenvalue weighted by Gasteiger charge is -1.91. The Hall–Kier alpha value is -1.49. The molecular formula is C17H34F2N2O. The Kier molecular flexibility index (Phi) is 36.2. The van der Waals surface area contributed by atoms with Crippen LogP contribution in [0.1, 0.15) is 53.5 Å². The molecule has 1 aromatic carbocycles. The molecule has 22 heavy (non-hydrogen) atoms. The van der Waals surface area contributed by atoms with Gasteiger partial charge in [0.25, 0.3) is 0 Å². The van der Waals surface area contributed by atoms with Gasteiger partial charge in [0.05, 0.1) is 0 Å². The number of amides is 1. The van der Waals surface area contributed by atoms with Crippen LogP contribution in [0, 0.1) is 18.6 Å². The molecule has 0 aliphatic rings. The van der Waals surface area contributed by atoms with E-state index in [4.69, 9.17) is 5.73 Å². The molecule has 0 aliphatic carbocycles. The summed E-state index contributed by atoms with van der Waals surface area (Å²) in [6, 6.07) is 3.42. The number of carbonyl (C=O) groups is 1. The van der Waals surface area contributed by atoms with Crippen molar-refractivity contribution in [2.24, 2.45) is 5.73 Å². The highest BCUT2D eigenvalue weighted by Crippen LogP contribution is 2.05. The number of aryl methyl sites for hydroxylation is 1. The van der Waals surface area contributed by atoms with Gasteiger partial charge in [-0.05, 0) is 37.6 Å². The number of hydrogen-bond donors (Lipinski definition) is 2. The van der Waals surface area contributed by atoms with Crippen LogP contribution in [-0.4, -0.2) is 19.5 Å². The van der Waals surface area contributed by atoms with Crippen LogP contribution in [0.2, 0.25) is 0 Å². The standard InChI is InChI=1S/C7H6F2.C4H10N2O.3C2H6/c1-5-2-6(8)4-7(9)3-5;5-2-1-3-6-4-7;3*1-2/h2-4H,1H3;4H,1-3,5H2,(H,6,7);3*1-2H3. The highest BCUT2D eigenvalue weighted by Gasteiger charge is 1.93. The Labute approximate surface area is 135 Å². The molecule has 0 saturated heterocycles. The SMILES string of the molecule is CC.CC.CC.Cc1cc(F)cc(F)c1.NCCCNC=O. The van der Waals surface area contributed by atoms with Crippen LogP contribution in [0.5, 0.6) is 0 Å². The topological polar surface area (TPSA) is 55.1 Å². The minimum Gasteiger partial charge on any atom is -0.359 e. The Morgan fingerprint density at radius 3 is 1.68 bits per heavy atom. The summed E-state index contributed by atoms with van der Waals surface area (Å²) in [5.41, 5.74) is 5.72. The Bertz CT molecular complexity index is 271. The fraction of sp³-hybridized carbons (Fsp3) is 0.588. The van der Waals surface area contributed by atoms with Crippen molar-refractivity contribution in [2.45, 2.75) is 54.9 Å². The molecule has 1 aromatic rings. The molecule has 0 spiro atoms. The first-order chi connectivity index (χ1) is 10.6. The third kappa shape index (κ3) is 27.0. The van der Waals surface area contributed by atoms with Crippen LogP contribution < -0.4 is 11.1 Å². The second kappa shape index (κ2) is 27.8. The first-order valence-electron chi connectivity index (χ1n) is 7.90. The maximum Gasteiger partial charge on any atom is 0.207 e. The maximum absolute atomic E-state index is 12.2. The Morgan fingerprint density at radius 2 is 1.41 bits per heavy atom. The number of benzene rings is 1. The molecule has 1 rings (SSSR count). The van der Waals surface area contributed by atoms with Gasteiger partial charge in [0.15, 0.2) is 0 Å². The van der Waals surface area contributed by atoms with Crippen molar-refractivity contribution in [1.82, 2.24) is 5.32 Å². The third-order valence-corrected chi connectivity index (χ3v) is 1.62. The van der Waals surface area contributed by atoms with Gasteiger partial charge in [0, 0.05) is 12.6 Å². The van der Waals surface area contributed by atoms with Gasteiger partial charge < -0.3 is 11.1 Å². The van der Waals surface area contributed by atoms with Crippen LogP contribution >= 0.6 is 0 Å². The number of nitrogens with one attached hydrogen (secondary N) is 1. The van der Waals surface area contributed by atoms with E-state index >= 15 is 0 Å². The molecule has 5 heteroatoms. The zero-order valence-corrected chi connectivity index (χ0v) is 15.2. The number of rotatable bonds is 4. The minimum absolute atomic E-state index is 0.521. The van der Waals surface area contributed by atoms with E-state index in [2.05, 4.69) is 5.32 Å². The summed E-state index contributed by atoms with van der Waals surface area (Å²) >= 11 is 0. The lowest BCUT2D eigenvalue weighted by atomic mass is 10.2. The molecule has 0 aromatic heterocycles. The largest absolute Gasteiger partial charge is 0.359 e. The number of halogens is 2. The van der Waals surface area contributed by atoms with Crippen LogP contribution in [0.25, 0.3) is 0 Å². The normalized spacial score (nSPS) is 7.36. The Morgan fingerprint density at radius 1 is 1.00 bits per heavy atom. The summed E-state index contributed by atoms with van der Waals surface area (Å²) in [5, 5.41) is 2.49. The predicted molar refractivity (Wildman–Crippen MR) is 92.9 cm³/mol. The monoisotopic (exact) mass is 320 g/mol. The summed E-state index contributed by atoms with van der Waals surface area (Å²) in [5.74, 6) is -1.04. The fourth-order valence-corrected chi connectivity index (χ4v) is 0.955. The molecule has 3 nitrogen and oxygen atoms in total. The van der Waals surface area contributed by atoms with E-state index in [9.17, 15) is 13.6 Å². The lowest BCUT2D eigenvalue weighted by Crippen LogP contribution is -2.15. The van der Waals surface area contributed by atoms with E-state index in [1.165, 1.54) is 12.1 Å². The Balaban J connectivity index is -0.000000112. The van der Waals surface area contributed by atoms with Gasteiger partial charge in [0.1, 0.15) is 11.6 Å². The predicted octanol–water partition coefficient (Wildman–Crippen LogP) is 4.43. The van der Waals surface area contributed by atoms with Gasteiger partial charge in [-0.3, -0.25) is 4.79 Å². The molecule has 0 aliphatic heterocycles.